The number of fused-ring (bicyclic) bond motifs is 4. The average molecular weight is 325 g/mol. The van der Waals surface area contributed by atoms with E-state index in [1.54, 1.807) is 21.3 Å². The van der Waals surface area contributed by atoms with E-state index in [1.807, 2.05) is 6.07 Å². The van der Waals surface area contributed by atoms with E-state index in [4.69, 9.17) is 14.2 Å². The first-order valence-electron chi connectivity index (χ1n) is 8.38. The summed E-state index contributed by atoms with van der Waals surface area (Å²) in [4.78, 5) is 2.55. The second kappa shape index (κ2) is 6.02. The monoisotopic (exact) mass is 325 g/mol. The van der Waals surface area contributed by atoms with Crippen LogP contribution in [0, 0.1) is 0 Å². The lowest BCUT2D eigenvalue weighted by molar-refractivity contribution is 0.157. The van der Waals surface area contributed by atoms with Crippen LogP contribution >= 0.6 is 0 Å². The fourth-order valence-electron chi connectivity index (χ4n) is 4.05. The van der Waals surface area contributed by atoms with E-state index >= 15 is 0 Å². The Bertz CT molecular complexity index is 754. The van der Waals surface area contributed by atoms with Crippen molar-refractivity contribution in [3.63, 3.8) is 0 Å². The largest absolute Gasteiger partial charge is 0.497 e. The summed E-state index contributed by atoms with van der Waals surface area (Å²) in [7, 11) is 5.18. The van der Waals surface area contributed by atoms with Crippen LogP contribution in [0.5, 0.6) is 17.2 Å². The van der Waals surface area contributed by atoms with Crippen LogP contribution < -0.4 is 14.2 Å². The van der Waals surface area contributed by atoms with Crippen LogP contribution in [-0.2, 0) is 19.4 Å². The minimum Gasteiger partial charge on any atom is -0.497 e. The number of hydrogen-bond donors (Lipinski definition) is 0. The second-order valence-electron chi connectivity index (χ2n) is 6.48. The smallest absolute Gasteiger partial charge is 0.127 e. The van der Waals surface area contributed by atoms with Gasteiger partial charge in [0.1, 0.15) is 17.2 Å². The van der Waals surface area contributed by atoms with E-state index in [1.165, 1.54) is 22.3 Å². The first kappa shape index (κ1) is 15.3. The van der Waals surface area contributed by atoms with Crippen molar-refractivity contribution in [2.45, 2.75) is 25.4 Å². The topological polar surface area (TPSA) is 30.9 Å². The molecule has 0 aromatic heterocycles. The zero-order valence-corrected chi connectivity index (χ0v) is 14.5. The molecule has 0 saturated carbocycles. The highest BCUT2D eigenvalue weighted by Gasteiger charge is 2.34. The molecule has 0 spiro atoms. The van der Waals surface area contributed by atoms with Gasteiger partial charge in [0.15, 0.2) is 0 Å². The second-order valence-corrected chi connectivity index (χ2v) is 6.48. The van der Waals surface area contributed by atoms with Gasteiger partial charge in [-0.3, -0.25) is 4.90 Å². The first-order valence-corrected chi connectivity index (χ1v) is 8.38. The molecule has 4 nitrogen and oxygen atoms in total. The number of methoxy groups -OCH3 is 3. The lowest BCUT2D eigenvalue weighted by Gasteiger charge is -2.42. The molecule has 2 aliphatic heterocycles. The molecule has 1 atom stereocenters. The maximum Gasteiger partial charge on any atom is 0.127 e. The first-order chi connectivity index (χ1) is 11.7. The van der Waals surface area contributed by atoms with E-state index in [0.717, 1.165) is 43.2 Å². The molecule has 0 N–H and O–H groups in total. The number of rotatable bonds is 3. The summed E-state index contributed by atoms with van der Waals surface area (Å²) in [6.45, 7) is 2.02. The van der Waals surface area contributed by atoms with Gasteiger partial charge in [0.05, 0.1) is 21.3 Å². The van der Waals surface area contributed by atoms with Crippen molar-refractivity contribution >= 4 is 0 Å². The molecule has 2 aromatic carbocycles. The van der Waals surface area contributed by atoms with Gasteiger partial charge in [-0.2, -0.15) is 0 Å². The zero-order valence-electron chi connectivity index (χ0n) is 14.5. The van der Waals surface area contributed by atoms with Gasteiger partial charge in [-0.1, -0.05) is 6.07 Å². The van der Waals surface area contributed by atoms with Crippen LogP contribution in [0.1, 0.15) is 28.3 Å². The number of nitrogens with zero attached hydrogens (tertiary/aromatic N) is 1. The Morgan fingerprint density at radius 2 is 1.67 bits per heavy atom. The predicted molar refractivity (Wildman–Crippen MR) is 93.1 cm³/mol. The minimum absolute atomic E-state index is 0.371. The summed E-state index contributed by atoms with van der Waals surface area (Å²) in [6, 6.07) is 11.0. The molecule has 0 aliphatic carbocycles. The molecule has 0 fully saturated rings. The molecule has 0 amide bonds. The SMILES string of the molecule is COc1ccc2c(c1)CN1CCc3cc(OC)cc(OC)c3C1C2. The molecule has 1 unspecified atom stereocenters. The molecule has 2 aromatic rings. The molecule has 2 aliphatic rings. The molecular weight excluding hydrogens is 302 g/mol. The van der Waals surface area contributed by atoms with Gasteiger partial charge in [0.25, 0.3) is 0 Å². The maximum absolute atomic E-state index is 5.70. The van der Waals surface area contributed by atoms with Crippen LogP contribution in [0.3, 0.4) is 0 Å². The van der Waals surface area contributed by atoms with E-state index < -0.39 is 0 Å². The van der Waals surface area contributed by atoms with Crippen LogP contribution in [0.4, 0.5) is 0 Å². The fraction of sp³-hybridized carbons (Fsp3) is 0.400. The van der Waals surface area contributed by atoms with E-state index in [9.17, 15) is 0 Å². The molecule has 0 saturated heterocycles. The van der Waals surface area contributed by atoms with Crippen LogP contribution in [0.2, 0.25) is 0 Å². The Kier molecular flexibility index (Phi) is 3.85. The molecule has 0 bridgehead atoms. The molecule has 4 heteroatoms. The third-order valence-corrected chi connectivity index (χ3v) is 5.30. The minimum atomic E-state index is 0.371. The van der Waals surface area contributed by atoms with Gasteiger partial charge >= 0.3 is 0 Å². The highest BCUT2D eigenvalue weighted by Crippen LogP contribution is 2.44. The van der Waals surface area contributed by atoms with Crippen LogP contribution in [0.25, 0.3) is 0 Å². The van der Waals surface area contributed by atoms with Crippen molar-refractivity contribution in [2.24, 2.45) is 0 Å². The highest BCUT2D eigenvalue weighted by molar-refractivity contribution is 5.51. The highest BCUT2D eigenvalue weighted by atomic mass is 16.5. The van der Waals surface area contributed by atoms with E-state index in [2.05, 4.69) is 29.2 Å². The Morgan fingerprint density at radius 1 is 0.875 bits per heavy atom. The third kappa shape index (κ3) is 2.42. The van der Waals surface area contributed by atoms with Gasteiger partial charge in [0, 0.05) is 30.8 Å². The summed E-state index contributed by atoms with van der Waals surface area (Å²) in [5, 5.41) is 0. The van der Waals surface area contributed by atoms with Gasteiger partial charge in [-0.15, -0.1) is 0 Å². The van der Waals surface area contributed by atoms with Crippen molar-refractivity contribution in [3.8, 4) is 17.2 Å². The van der Waals surface area contributed by atoms with Crippen molar-refractivity contribution < 1.29 is 14.2 Å². The van der Waals surface area contributed by atoms with Crippen molar-refractivity contribution in [1.82, 2.24) is 4.90 Å². The normalized spacial score (nSPS) is 19.0. The quantitative estimate of drug-likeness (QED) is 0.866. The summed E-state index contributed by atoms with van der Waals surface area (Å²) in [6.07, 6.45) is 2.04. The number of hydrogen-bond acceptors (Lipinski definition) is 4. The summed E-state index contributed by atoms with van der Waals surface area (Å²) < 4.78 is 16.5. The lowest BCUT2D eigenvalue weighted by Crippen LogP contribution is -2.39. The molecule has 24 heavy (non-hydrogen) atoms. The van der Waals surface area contributed by atoms with Gasteiger partial charge < -0.3 is 14.2 Å². The lowest BCUT2D eigenvalue weighted by atomic mass is 9.83. The molecule has 4 rings (SSSR count). The Labute approximate surface area is 142 Å². The zero-order chi connectivity index (χ0) is 16.7. The summed E-state index contributed by atoms with van der Waals surface area (Å²) in [5.74, 6) is 2.75. The molecule has 126 valence electrons. The molecular formula is C20H23NO3. The van der Waals surface area contributed by atoms with E-state index in [-0.39, 0.29) is 0 Å². The fourth-order valence-corrected chi connectivity index (χ4v) is 4.05. The summed E-state index contributed by atoms with van der Waals surface area (Å²) in [5.41, 5.74) is 5.46. The number of ether oxygens (including phenoxy) is 3. The van der Waals surface area contributed by atoms with Gasteiger partial charge in [0.2, 0.25) is 0 Å². The Morgan fingerprint density at radius 3 is 2.42 bits per heavy atom. The Hall–Kier alpha value is -2.20. The van der Waals surface area contributed by atoms with Crippen LogP contribution in [0.15, 0.2) is 30.3 Å². The van der Waals surface area contributed by atoms with Gasteiger partial charge in [-0.05, 0) is 47.7 Å². The van der Waals surface area contributed by atoms with Crippen molar-refractivity contribution in [3.05, 3.63) is 52.6 Å². The van der Waals surface area contributed by atoms with Crippen molar-refractivity contribution in [2.75, 3.05) is 27.9 Å². The van der Waals surface area contributed by atoms with Gasteiger partial charge in [-0.25, -0.2) is 0 Å². The maximum atomic E-state index is 5.70. The average Bonchev–Trinajstić information content (AvgIpc) is 2.64. The predicted octanol–water partition coefficient (Wildman–Crippen LogP) is 3.37. The van der Waals surface area contributed by atoms with Crippen molar-refractivity contribution in [1.29, 1.82) is 0 Å². The van der Waals surface area contributed by atoms with E-state index in [0.29, 0.717) is 6.04 Å². The molecule has 2 heterocycles. The standard InChI is InChI=1S/C20H23NO3/c1-22-16-5-4-13-10-18-20-14(6-7-21(18)12-15(13)9-16)8-17(23-2)11-19(20)24-3/h4-5,8-9,11,18H,6-7,10,12H2,1-3H3. The Balaban J connectivity index is 1.76. The summed E-state index contributed by atoms with van der Waals surface area (Å²) >= 11 is 0. The number of benzene rings is 2. The molecule has 0 radical (unpaired) electrons. The third-order valence-electron chi connectivity index (χ3n) is 5.30. The van der Waals surface area contributed by atoms with Crippen LogP contribution in [-0.4, -0.2) is 32.8 Å².